The van der Waals surface area contributed by atoms with Gasteiger partial charge in [0.2, 0.25) is 0 Å². The third kappa shape index (κ3) is 2.53. The molecule has 4 heteroatoms. The van der Waals surface area contributed by atoms with E-state index in [9.17, 15) is 4.79 Å². The van der Waals surface area contributed by atoms with Gasteiger partial charge in [0.25, 0.3) is 0 Å². The fourth-order valence-corrected chi connectivity index (χ4v) is 1.53. The minimum absolute atomic E-state index is 0.00241. The molecule has 1 heterocycles. The lowest BCUT2D eigenvalue weighted by Gasteiger charge is -2.16. The SMILES string of the molecule is CC(C)[C@H](NCl)C(=O)c1ccncc1. The lowest BCUT2D eigenvalue weighted by atomic mass is 9.97. The largest absolute Gasteiger partial charge is 0.292 e. The van der Waals surface area contributed by atoms with Crippen LogP contribution in [-0.4, -0.2) is 16.8 Å². The van der Waals surface area contributed by atoms with Crippen LogP contribution in [0.2, 0.25) is 0 Å². The van der Waals surface area contributed by atoms with Crippen LogP contribution in [0.15, 0.2) is 24.5 Å². The van der Waals surface area contributed by atoms with Crippen molar-refractivity contribution in [3.05, 3.63) is 30.1 Å². The Kier molecular flexibility index (Phi) is 4.04. The van der Waals surface area contributed by atoms with Gasteiger partial charge in [-0.1, -0.05) is 13.8 Å². The number of carbonyl (C=O) groups excluding carboxylic acids is 1. The number of aromatic nitrogens is 1. The highest BCUT2D eigenvalue weighted by Gasteiger charge is 2.21. The number of halogens is 1. The van der Waals surface area contributed by atoms with Crippen LogP contribution in [0.4, 0.5) is 0 Å². The van der Waals surface area contributed by atoms with E-state index in [4.69, 9.17) is 11.8 Å². The second-order valence-electron chi connectivity index (χ2n) is 3.43. The van der Waals surface area contributed by atoms with Gasteiger partial charge in [-0.25, -0.2) is 4.84 Å². The second-order valence-corrected chi connectivity index (χ2v) is 3.65. The average molecular weight is 213 g/mol. The van der Waals surface area contributed by atoms with Gasteiger partial charge < -0.3 is 0 Å². The van der Waals surface area contributed by atoms with Gasteiger partial charge in [-0.2, -0.15) is 0 Å². The number of hydrogen-bond donors (Lipinski definition) is 1. The van der Waals surface area contributed by atoms with Gasteiger partial charge in [-0.15, -0.1) is 0 Å². The molecule has 1 aromatic heterocycles. The summed E-state index contributed by atoms with van der Waals surface area (Å²) in [5.41, 5.74) is 0.631. The monoisotopic (exact) mass is 212 g/mol. The standard InChI is InChI=1S/C10H13ClN2O/c1-7(2)9(13-11)10(14)8-3-5-12-6-4-8/h3-7,9,13H,1-2H3/t9-/m0/s1. The highest BCUT2D eigenvalue weighted by Crippen LogP contribution is 2.10. The first-order valence-corrected chi connectivity index (χ1v) is 4.85. The predicted molar refractivity (Wildman–Crippen MR) is 56.2 cm³/mol. The van der Waals surface area contributed by atoms with Gasteiger partial charge in [0.15, 0.2) is 5.78 Å². The Morgan fingerprint density at radius 1 is 1.43 bits per heavy atom. The van der Waals surface area contributed by atoms with Crippen molar-refractivity contribution in [3.63, 3.8) is 0 Å². The van der Waals surface area contributed by atoms with Crippen molar-refractivity contribution in [2.24, 2.45) is 5.92 Å². The molecule has 0 aliphatic rings. The van der Waals surface area contributed by atoms with E-state index in [1.807, 2.05) is 13.8 Å². The Hall–Kier alpha value is -0.930. The maximum atomic E-state index is 11.8. The summed E-state index contributed by atoms with van der Waals surface area (Å²) in [4.78, 5) is 18.2. The van der Waals surface area contributed by atoms with E-state index >= 15 is 0 Å². The van der Waals surface area contributed by atoms with Gasteiger partial charge in [0, 0.05) is 18.0 Å². The van der Waals surface area contributed by atoms with Crippen LogP contribution < -0.4 is 4.84 Å². The molecule has 0 saturated heterocycles. The fourth-order valence-electron chi connectivity index (χ4n) is 1.17. The molecule has 0 aliphatic heterocycles. The molecule has 0 unspecified atom stereocenters. The number of hydrogen-bond acceptors (Lipinski definition) is 3. The normalized spacial score (nSPS) is 12.9. The van der Waals surface area contributed by atoms with E-state index < -0.39 is 0 Å². The Morgan fingerprint density at radius 2 is 2.00 bits per heavy atom. The average Bonchev–Trinajstić information content (AvgIpc) is 2.19. The van der Waals surface area contributed by atoms with E-state index in [0.717, 1.165) is 0 Å². The predicted octanol–water partition coefficient (Wildman–Crippen LogP) is 2.03. The van der Waals surface area contributed by atoms with Crippen LogP contribution >= 0.6 is 11.8 Å². The summed E-state index contributed by atoms with van der Waals surface area (Å²) in [7, 11) is 0. The van der Waals surface area contributed by atoms with Crippen LogP contribution in [0.3, 0.4) is 0 Å². The summed E-state index contributed by atoms with van der Waals surface area (Å²) < 4.78 is 0. The number of pyridine rings is 1. The number of Topliss-reactive ketones (excluding diaryl/α,β-unsaturated/α-hetero) is 1. The molecule has 1 N–H and O–H groups in total. The minimum atomic E-state index is -0.348. The molecule has 1 aromatic rings. The van der Waals surface area contributed by atoms with Crippen LogP contribution in [0, 0.1) is 5.92 Å². The number of nitrogens with zero attached hydrogens (tertiary/aromatic N) is 1. The number of nitrogens with one attached hydrogen (secondary N) is 1. The lowest BCUT2D eigenvalue weighted by Crippen LogP contribution is -2.35. The molecule has 76 valence electrons. The third-order valence-corrected chi connectivity index (χ3v) is 2.27. The molecule has 1 atom stereocenters. The summed E-state index contributed by atoms with van der Waals surface area (Å²) >= 11 is 5.52. The number of carbonyl (C=O) groups is 1. The maximum absolute atomic E-state index is 11.8. The Labute approximate surface area is 88.6 Å². The Bertz CT molecular complexity index is 300. The van der Waals surface area contributed by atoms with Crippen molar-refractivity contribution in [2.75, 3.05) is 0 Å². The van der Waals surface area contributed by atoms with Gasteiger partial charge in [-0.05, 0) is 29.8 Å². The zero-order valence-corrected chi connectivity index (χ0v) is 8.95. The van der Waals surface area contributed by atoms with Crippen LogP contribution in [0.1, 0.15) is 24.2 Å². The molecular weight excluding hydrogens is 200 g/mol. The molecule has 0 spiro atoms. The summed E-state index contributed by atoms with van der Waals surface area (Å²) in [6, 6.07) is 3.02. The molecule has 0 aliphatic carbocycles. The summed E-state index contributed by atoms with van der Waals surface area (Å²) in [5, 5.41) is 0. The van der Waals surface area contributed by atoms with E-state index in [-0.39, 0.29) is 17.7 Å². The smallest absolute Gasteiger partial charge is 0.181 e. The van der Waals surface area contributed by atoms with Crippen LogP contribution in [-0.2, 0) is 0 Å². The van der Waals surface area contributed by atoms with Crippen molar-refractivity contribution < 1.29 is 4.79 Å². The summed E-state index contributed by atoms with van der Waals surface area (Å²) in [5.74, 6) is 0.158. The second kappa shape index (κ2) is 5.08. The molecule has 0 bridgehead atoms. The molecule has 0 radical (unpaired) electrons. The number of ketones is 1. The van der Waals surface area contributed by atoms with Crippen molar-refractivity contribution in [2.45, 2.75) is 19.9 Å². The molecule has 0 aromatic carbocycles. The Balaban J connectivity index is 2.84. The highest BCUT2D eigenvalue weighted by molar-refractivity contribution is 6.16. The van der Waals surface area contributed by atoms with Gasteiger partial charge in [-0.3, -0.25) is 9.78 Å². The topological polar surface area (TPSA) is 42.0 Å². The summed E-state index contributed by atoms with van der Waals surface area (Å²) in [6.45, 7) is 3.89. The van der Waals surface area contributed by atoms with E-state index in [1.165, 1.54) is 0 Å². The van der Waals surface area contributed by atoms with Gasteiger partial charge >= 0.3 is 0 Å². The van der Waals surface area contributed by atoms with Crippen molar-refractivity contribution in [1.82, 2.24) is 9.82 Å². The molecular formula is C10H13ClN2O. The highest BCUT2D eigenvalue weighted by atomic mass is 35.5. The lowest BCUT2D eigenvalue weighted by molar-refractivity contribution is 0.0931. The van der Waals surface area contributed by atoms with E-state index in [2.05, 4.69) is 9.82 Å². The first-order valence-electron chi connectivity index (χ1n) is 4.47. The molecule has 0 fully saturated rings. The molecule has 0 amide bonds. The Morgan fingerprint density at radius 3 is 2.43 bits per heavy atom. The third-order valence-electron chi connectivity index (χ3n) is 2.03. The van der Waals surface area contributed by atoms with E-state index in [0.29, 0.717) is 5.56 Å². The number of rotatable bonds is 4. The molecule has 14 heavy (non-hydrogen) atoms. The minimum Gasteiger partial charge on any atom is -0.292 e. The first-order chi connectivity index (χ1) is 6.66. The first kappa shape index (κ1) is 11.1. The van der Waals surface area contributed by atoms with E-state index in [1.54, 1.807) is 24.5 Å². The van der Waals surface area contributed by atoms with Crippen molar-refractivity contribution in [3.8, 4) is 0 Å². The van der Waals surface area contributed by atoms with Gasteiger partial charge in [0.1, 0.15) is 0 Å². The van der Waals surface area contributed by atoms with Crippen molar-refractivity contribution >= 4 is 17.6 Å². The molecule has 3 nitrogen and oxygen atoms in total. The van der Waals surface area contributed by atoms with Crippen LogP contribution in [0.25, 0.3) is 0 Å². The van der Waals surface area contributed by atoms with Crippen LogP contribution in [0.5, 0.6) is 0 Å². The fraction of sp³-hybridized carbons (Fsp3) is 0.400. The zero-order valence-electron chi connectivity index (χ0n) is 8.20. The zero-order chi connectivity index (χ0) is 10.6. The maximum Gasteiger partial charge on any atom is 0.181 e. The quantitative estimate of drug-likeness (QED) is 0.614. The molecule has 1 rings (SSSR count). The summed E-state index contributed by atoms with van der Waals surface area (Å²) in [6.07, 6.45) is 3.19. The van der Waals surface area contributed by atoms with Gasteiger partial charge in [0.05, 0.1) is 6.04 Å². The molecule has 0 saturated carbocycles. The van der Waals surface area contributed by atoms with Crippen molar-refractivity contribution in [1.29, 1.82) is 0 Å².